The molecule has 7 heteroatoms. The maximum atomic E-state index is 11.9. The van der Waals surface area contributed by atoms with Crippen LogP contribution in [-0.2, 0) is 11.2 Å². The fraction of sp³-hybridized carbons (Fsp3) is 0.133. The van der Waals surface area contributed by atoms with Crippen LogP contribution in [0.25, 0.3) is 10.9 Å². The number of carbonyl (C=O) groups is 1. The quantitative estimate of drug-likeness (QED) is 0.719. The summed E-state index contributed by atoms with van der Waals surface area (Å²) in [5, 5.41) is 8.85. The van der Waals surface area contributed by atoms with Gasteiger partial charge in [-0.25, -0.2) is 4.98 Å². The second-order valence-electron chi connectivity index (χ2n) is 4.53. The van der Waals surface area contributed by atoms with Crippen molar-refractivity contribution in [1.29, 1.82) is 0 Å². The molecular formula is C15H11ClN4O2. The fourth-order valence-electron chi connectivity index (χ4n) is 1.96. The van der Waals surface area contributed by atoms with Gasteiger partial charge in [0.25, 0.3) is 0 Å². The minimum absolute atomic E-state index is 0.0695. The predicted octanol–water partition coefficient (Wildman–Crippen LogP) is 2.26. The number of rotatable bonds is 5. The van der Waals surface area contributed by atoms with Crippen LogP contribution in [0.15, 0.2) is 42.9 Å². The second kappa shape index (κ2) is 6.44. The third-order valence-electron chi connectivity index (χ3n) is 2.94. The Morgan fingerprint density at radius 1 is 1.14 bits per heavy atom. The molecule has 3 aromatic rings. The molecule has 0 spiro atoms. The summed E-state index contributed by atoms with van der Waals surface area (Å²) in [5.41, 5.74) is 0.716. The number of pyridine rings is 1. The smallest absolute Gasteiger partial charge is 0.177 e. The van der Waals surface area contributed by atoms with Crippen LogP contribution in [0.3, 0.4) is 0 Å². The first-order chi connectivity index (χ1) is 10.7. The Labute approximate surface area is 131 Å². The number of fused-ring (bicyclic) bond motifs is 1. The van der Waals surface area contributed by atoms with Gasteiger partial charge in [0.15, 0.2) is 11.6 Å². The van der Waals surface area contributed by atoms with E-state index in [0.29, 0.717) is 22.1 Å². The van der Waals surface area contributed by atoms with Gasteiger partial charge in [-0.1, -0.05) is 11.6 Å². The Morgan fingerprint density at radius 3 is 2.86 bits per heavy atom. The monoisotopic (exact) mass is 314 g/mol. The average Bonchev–Trinajstić information content (AvgIpc) is 2.53. The van der Waals surface area contributed by atoms with E-state index in [9.17, 15) is 4.79 Å². The van der Waals surface area contributed by atoms with Crippen LogP contribution >= 0.6 is 11.6 Å². The number of Topliss-reactive ketones (excluding diaryl/α,β-unsaturated/α-hetero) is 1. The number of benzene rings is 1. The molecule has 0 fully saturated rings. The van der Waals surface area contributed by atoms with Crippen molar-refractivity contribution in [3.8, 4) is 5.75 Å². The highest BCUT2D eigenvalue weighted by Gasteiger charge is 2.09. The summed E-state index contributed by atoms with van der Waals surface area (Å²) < 4.78 is 5.58. The number of halogens is 1. The zero-order valence-corrected chi connectivity index (χ0v) is 12.2. The highest BCUT2D eigenvalue weighted by atomic mass is 35.5. The van der Waals surface area contributed by atoms with Crippen LogP contribution in [0.1, 0.15) is 5.82 Å². The molecule has 2 heterocycles. The molecule has 3 rings (SSSR count). The highest BCUT2D eigenvalue weighted by Crippen LogP contribution is 2.26. The van der Waals surface area contributed by atoms with E-state index in [1.54, 1.807) is 24.4 Å². The van der Waals surface area contributed by atoms with Gasteiger partial charge in [0.2, 0.25) is 0 Å². The number of aromatic nitrogens is 4. The Hall–Kier alpha value is -2.60. The molecule has 0 bridgehead atoms. The van der Waals surface area contributed by atoms with Gasteiger partial charge in [0.05, 0.1) is 18.1 Å². The summed E-state index contributed by atoms with van der Waals surface area (Å²) in [5.74, 6) is 0.830. The predicted molar refractivity (Wildman–Crippen MR) is 80.8 cm³/mol. The molecule has 110 valence electrons. The van der Waals surface area contributed by atoms with Gasteiger partial charge in [-0.05, 0) is 24.3 Å². The molecule has 22 heavy (non-hydrogen) atoms. The van der Waals surface area contributed by atoms with Crippen molar-refractivity contribution in [2.24, 2.45) is 0 Å². The molecule has 0 aliphatic carbocycles. The van der Waals surface area contributed by atoms with Gasteiger partial charge in [-0.2, -0.15) is 5.10 Å². The zero-order valence-electron chi connectivity index (χ0n) is 11.4. The molecule has 0 aliphatic rings. The first-order valence-corrected chi connectivity index (χ1v) is 6.91. The topological polar surface area (TPSA) is 77.9 Å². The lowest BCUT2D eigenvalue weighted by Crippen LogP contribution is -2.15. The van der Waals surface area contributed by atoms with E-state index in [1.807, 2.05) is 6.07 Å². The third-order valence-corrected chi connectivity index (χ3v) is 3.17. The standard InChI is InChI=1S/C15H11ClN4O2/c16-10-1-2-12-13(7-10)17-4-3-14(12)22-9-11(21)8-15-18-5-6-19-20-15/h1-7H,8-9H2. The first-order valence-electron chi connectivity index (χ1n) is 6.54. The van der Waals surface area contributed by atoms with E-state index >= 15 is 0 Å². The Bertz CT molecular complexity index is 811. The van der Waals surface area contributed by atoms with E-state index in [1.165, 1.54) is 12.4 Å². The molecule has 0 aliphatic heterocycles. The molecule has 0 radical (unpaired) electrons. The number of carbonyl (C=O) groups excluding carboxylic acids is 1. The fourth-order valence-corrected chi connectivity index (χ4v) is 2.13. The summed E-state index contributed by atoms with van der Waals surface area (Å²) in [6, 6.07) is 7.03. The van der Waals surface area contributed by atoms with E-state index < -0.39 is 0 Å². The Kier molecular flexibility index (Phi) is 4.20. The molecule has 1 aromatic carbocycles. The summed E-state index contributed by atoms with van der Waals surface area (Å²) in [6.07, 6.45) is 4.65. The molecule has 0 unspecified atom stereocenters. The van der Waals surface area contributed by atoms with Crippen molar-refractivity contribution in [3.63, 3.8) is 0 Å². The molecule has 0 N–H and O–H groups in total. The number of nitrogens with zero attached hydrogens (tertiary/aromatic N) is 4. The van der Waals surface area contributed by atoms with Gasteiger partial charge in [-0.15, -0.1) is 5.10 Å². The average molecular weight is 315 g/mol. The second-order valence-corrected chi connectivity index (χ2v) is 4.97. The van der Waals surface area contributed by atoms with Crippen LogP contribution in [0.4, 0.5) is 0 Å². The van der Waals surface area contributed by atoms with Crippen LogP contribution in [0, 0.1) is 0 Å². The maximum Gasteiger partial charge on any atom is 0.177 e. The van der Waals surface area contributed by atoms with E-state index in [4.69, 9.17) is 16.3 Å². The minimum atomic E-state index is -0.132. The van der Waals surface area contributed by atoms with Crippen molar-refractivity contribution in [3.05, 3.63) is 53.7 Å². The summed E-state index contributed by atoms with van der Waals surface area (Å²) in [7, 11) is 0. The van der Waals surface area contributed by atoms with Crippen LogP contribution in [0.2, 0.25) is 5.02 Å². The third kappa shape index (κ3) is 3.35. The van der Waals surface area contributed by atoms with Crippen LogP contribution < -0.4 is 4.74 Å². The van der Waals surface area contributed by atoms with E-state index in [-0.39, 0.29) is 18.8 Å². The molecule has 0 amide bonds. The summed E-state index contributed by atoms with van der Waals surface area (Å²) >= 11 is 5.93. The number of ketones is 1. The van der Waals surface area contributed by atoms with Crippen molar-refractivity contribution in [2.75, 3.05) is 6.61 Å². The van der Waals surface area contributed by atoms with Crippen molar-refractivity contribution >= 4 is 28.3 Å². The first kappa shape index (κ1) is 14.3. The maximum absolute atomic E-state index is 11.9. The number of ether oxygens (including phenoxy) is 1. The summed E-state index contributed by atoms with van der Waals surface area (Å²) in [6.45, 7) is -0.0695. The highest BCUT2D eigenvalue weighted by molar-refractivity contribution is 6.31. The molecule has 6 nitrogen and oxygen atoms in total. The van der Waals surface area contributed by atoms with Crippen molar-refractivity contribution in [2.45, 2.75) is 6.42 Å². The number of hydrogen-bond donors (Lipinski definition) is 0. The van der Waals surface area contributed by atoms with Gasteiger partial charge < -0.3 is 4.74 Å². The van der Waals surface area contributed by atoms with Gasteiger partial charge in [-0.3, -0.25) is 9.78 Å². The van der Waals surface area contributed by atoms with E-state index in [2.05, 4.69) is 20.2 Å². The largest absolute Gasteiger partial charge is 0.485 e. The van der Waals surface area contributed by atoms with Gasteiger partial charge >= 0.3 is 0 Å². The summed E-state index contributed by atoms with van der Waals surface area (Å²) in [4.78, 5) is 20.1. The Morgan fingerprint density at radius 2 is 2.05 bits per heavy atom. The molecule has 0 atom stereocenters. The lowest BCUT2D eigenvalue weighted by molar-refractivity contribution is -0.120. The van der Waals surface area contributed by atoms with Crippen LogP contribution in [0.5, 0.6) is 5.75 Å². The normalized spacial score (nSPS) is 10.6. The molecular weight excluding hydrogens is 304 g/mol. The van der Waals surface area contributed by atoms with Crippen molar-refractivity contribution in [1.82, 2.24) is 20.2 Å². The SMILES string of the molecule is O=C(COc1ccnc2cc(Cl)ccc12)Cc1nccnn1. The number of hydrogen-bond acceptors (Lipinski definition) is 6. The van der Waals surface area contributed by atoms with Crippen molar-refractivity contribution < 1.29 is 9.53 Å². The molecule has 0 saturated carbocycles. The molecule has 2 aromatic heterocycles. The Balaban J connectivity index is 1.70. The van der Waals surface area contributed by atoms with Gasteiger partial charge in [0.1, 0.15) is 12.4 Å². The lowest BCUT2D eigenvalue weighted by atomic mass is 10.2. The molecule has 0 saturated heterocycles. The zero-order chi connectivity index (χ0) is 15.4. The van der Waals surface area contributed by atoms with E-state index in [0.717, 1.165) is 5.39 Å². The lowest BCUT2D eigenvalue weighted by Gasteiger charge is -2.08. The minimum Gasteiger partial charge on any atom is -0.485 e. The van der Waals surface area contributed by atoms with Crippen LogP contribution in [-0.4, -0.2) is 32.6 Å². The van der Waals surface area contributed by atoms with Gasteiger partial charge in [0, 0.05) is 22.8 Å².